The summed E-state index contributed by atoms with van der Waals surface area (Å²) < 4.78 is 0. The minimum Gasteiger partial charge on any atom is -0.396 e. The highest BCUT2D eigenvalue weighted by molar-refractivity contribution is 7.80. The maximum atomic E-state index is 6.11. The van der Waals surface area contributed by atoms with Gasteiger partial charge in [0.1, 0.15) is 0 Å². The van der Waals surface area contributed by atoms with Crippen LogP contribution in [0.15, 0.2) is 29.0 Å². The Morgan fingerprint density at radius 1 is 1.33 bits per heavy atom. The first kappa shape index (κ1) is 13.1. The Morgan fingerprint density at radius 2 is 2.11 bits per heavy atom. The second-order valence-electron chi connectivity index (χ2n) is 3.75. The minimum absolute atomic E-state index is 0.469. The second-order valence-corrected chi connectivity index (χ2v) is 5.31. The van der Waals surface area contributed by atoms with Gasteiger partial charge < -0.3 is 16.4 Å². The first-order chi connectivity index (χ1) is 8.58. The fourth-order valence-corrected chi connectivity index (χ4v) is 2.62. The Kier molecular flexibility index (Phi) is 4.06. The van der Waals surface area contributed by atoms with Crippen molar-refractivity contribution < 1.29 is 0 Å². The number of halogens is 1. The first-order valence-electron chi connectivity index (χ1n) is 5.22. The van der Waals surface area contributed by atoms with Crippen LogP contribution in [0.2, 0.25) is 5.02 Å². The van der Waals surface area contributed by atoms with E-state index in [4.69, 9.17) is 29.6 Å². The van der Waals surface area contributed by atoms with Gasteiger partial charge in [-0.05, 0) is 30.8 Å². The molecule has 0 aliphatic carbocycles. The summed E-state index contributed by atoms with van der Waals surface area (Å²) in [6.45, 7) is 1.97. The highest BCUT2D eigenvalue weighted by Crippen LogP contribution is 2.26. The molecule has 0 radical (unpaired) electrons. The predicted molar refractivity (Wildman–Crippen MR) is 84.8 cm³/mol. The van der Waals surface area contributed by atoms with E-state index in [0.717, 1.165) is 16.9 Å². The molecule has 0 aliphatic rings. The lowest BCUT2D eigenvalue weighted by Gasteiger charge is -2.13. The van der Waals surface area contributed by atoms with Crippen molar-refractivity contribution in [3.8, 4) is 0 Å². The van der Waals surface area contributed by atoms with Gasteiger partial charge in [-0.1, -0.05) is 23.7 Å². The van der Waals surface area contributed by atoms with Crippen LogP contribution in [0.1, 0.15) is 5.56 Å². The van der Waals surface area contributed by atoms with Gasteiger partial charge in [0, 0.05) is 10.8 Å². The third-order valence-corrected chi connectivity index (χ3v) is 3.68. The van der Waals surface area contributed by atoms with Crippen molar-refractivity contribution in [2.24, 2.45) is 0 Å². The smallest absolute Gasteiger partial charge is 0.175 e. The van der Waals surface area contributed by atoms with E-state index in [1.165, 1.54) is 11.3 Å². The van der Waals surface area contributed by atoms with Crippen LogP contribution in [0.3, 0.4) is 0 Å². The Bertz CT molecular complexity index is 560. The van der Waals surface area contributed by atoms with Crippen LogP contribution in [0.25, 0.3) is 0 Å². The molecule has 0 fully saturated rings. The van der Waals surface area contributed by atoms with Crippen LogP contribution in [0.5, 0.6) is 0 Å². The topological polar surface area (TPSA) is 50.1 Å². The van der Waals surface area contributed by atoms with E-state index < -0.39 is 0 Å². The zero-order chi connectivity index (χ0) is 13.1. The Labute approximate surface area is 120 Å². The highest BCUT2D eigenvalue weighted by Gasteiger charge is 2.07. The number of para-hydroxylation sites is 1. The quantitative estimate of drug-likeness (QED) is 0.731. The van der Waals surface area contributed by atoms with Crippen molar-refractivity contribution in [3.05, 3.63) is 39.5 Å². The molecule has 0 saturated heterocycles. The van der Waals surface area contributed by atoms with Crippen molar-refractivity contribution >= 4 is 57.3 Å². The lowest BCUT2D eigenvalue weighted by Crippen LogP contribution is -2.20. The SMILES string of the molecule is Cc1cccc(Cl)c1NC(=S)Nc1cscc1N. The van der Waals surface area contributed by atoms with Gasteiger partial charge in [-0.2, -0.15) is 0 Å². The molecule has 0 amide bonds. The van der Waals surface area contributed by atoms with Gasteiger partial charge in [0.05, 0.1) is 22.1 Å². The number of hydrogen-bond donors (Lipinski definition) is 3. The van der Waals surface area contributed by atoms with Crippen LogP contribution in [-0.4, -0.2) is 5.11 Å². The lowest BCUT2D eigenvalue weighted by atomic mass is 10.2. The number of rotatable bonds is 2. The molecule has 1 heterocycles. The summed E-state index contributed by atoms with van der Waals surface area (Å²) in [5.41, 5.74) is 9.11. The van der Waals surface area contributed by atoms with Gasteiger partial charge in [0.25, 0.3) is 0 Å². The molecule has 0 unspecified atom stereocenters. The molecule has 4 N–H and O–H groups in total. The zero-order valence-electron chi connectivity index (χ0n) is 9.66. The molecule has 0 saturated carbocycles. The third-order valence-electron chi connectivity index (χ3n) is 2.40. The molecule has 18 heavy (non-hydrogen) atoms. The Morgan fingerprint density at radius 3 is 2.72 bits per heavy atom. The third kappa shape index (κ3) is 2.93. The number of benzene rings is 1. The van der Waals surface area contributed by atoms with Gasteiger partial charge in [0.15, 0.2) is 5.11 Å². The maximum absolute atomic E-state index is 6.11. The predicted octanol–water partition coefficient (Wildman–Crippen LogP) is 4.10. The number of anilines is 3. The molecule has 0 atom stereocenters. The number of nitrogens with one attached hydrogen (secondary N) is 2. The van der Waals surface area contributed by atoms with E-state index in [1.807, 2.05) is 35.9 Å². The first-order valence-corrected chi connectivity index (χ1v) is 6.95. The Hall–Kier alpha value is -1.30. The molecule has 1 aromatic carbocycles. The fraction of sp³-hybridized carbons (Fsp3) is 0.0833. The molecule has 2 aromatic rings. The summed E-state index contributed by atoms with van der Waals surface area (Å²) in [6, 6.07) is 5.68. The number of nitrogens with two attached hydrogens (primary N) is 1. The standard InChI is InChI=1S/C12H12ClN3S2/c1-7-3-2-4-8(13)11(7)16-12(17)15-10-6-18-5-9(10)14/h2-6H,14H2,1H3,(H2,15,16,17). The van der Waals surface area contributed by atoms with E-state index >= 15 is 0 Å². The average molecular weight is 298 g/mol. The van der Waals surface area contributed by atoms with E-state index in [9.17, 15) is 0 Å². The molecule has 0 spiro atoms. The minimum atomic E-state index is 0.469. The van der Waals surface area contributed by atoms with Crippen LogP contribution < -0.4 is 16.4 Å². The molecule has 1 aromatic heterocycles. The number of hydrogen-bond acceptors (Lipinski definition) is 3. The summed E-state index contributed by atoms with van der Waals surface area (Å²) in [6.07, 6.45) is 0. The molecule has 0 aliphatic heterocycles. The van der Waals surface area contributed by atoms with Gasteiger partial charge >= 0.3 is 0 Å². The highest BCUT2D eigenvalue weighted by atomic mass is 35.5. The Balaban J connectivity index is 2.10. The molecular weight excluding hydrogens is 286 g/mol. The van der Waals surface area contributed by atoms with Crippen molar-refractivity contribution in [2.75, 3.05) is 16.4 Å². The van der Waals surface area contributed by atoms with Crippen molar-refractivity contribution in [2.45, 2.75) is 6.92 Å². The zero-order valence-corrected chi connectivity index (χ0v) is 12.0. The number of thiocarbonyl (C=S) groups is 1. The summed E-state index contributed by atoms with van der Waals surface area (Å²) in [7, 11) is 0. The van der Waals surface area contributed by atoms with Crippen LogP contribution in [0, 0.1) is 6.92 Å². The normalized spacial score (nSPS) is 10.1. The largest absolute Gasteiger partial charge is 0.396 e. The summed E-state index contributed by atoms with van der Waals surface area (Å²) in [4.78, 5) is 0. The van der Waals surface area contributed by atoms with Crippen LogP contribution in [-0.2, 0) is 0 Å². The lowest BCUT2D eigenvalue weighted by molar-refractivity contribution is 1.45. The fourth-order valence-electron chi connectivity index (χ4n) is 1.47. The average Bonchev–Trinajstić information content (AvgIpc) is 2.70. The number of aryl methyl sites for hydroxylation is 1. The number of thiophene rings is 1. The maximum Gasteiger partial charge on any atom is 0.175 e. The molecule has 94 valence electrons. The van der Waals surface area contributed by atoms with Gasteiger partial charge in [0.2, 0.25) is 0 Å². The van der Waals surface area contributed by atoms with Gasteiger partial charge in [-0.3, -0.25) is 0 Å². The van der Waals surface area contributed by atoms with Crippen LogP contribution >= 0.6 is 35.2 Å². The monoisotopic (exact) mass is 297 g/mol. The summed E-state index contributed by atoms with van der Waals surface area (Å²) in [5, 5.41) is 11.0. The molecule has 6 heteroatoms. The molecular formula is C12H12ClN3S2. The van der Waals surface area contributed by atoms with Gasteiger partial charge in [-0.15, -0.1) is 11.3 Å². The van der Waals surface area contributed by atoms with Crippen molar-refractivity contribution in [1.82, 2.24) is 0 Å². The van der Waals surface area contributed by atoms with E-state index in [-0.39, 0.29) is 0 Å². The second kappa shape index (κ2) is 5.56. The summed E-state index contributed by atoms with van der Waals surface area (Å²) >= 11 is 12.9. The van der Waals surface area contributed by atoms with Crippen molar-refractivity contribution in [3.63, 3.8) is 0 Å². The summed E-state index contributed by atoms with van der Waals surface area (Å²) in [5.74, 6) is 0. The van der Waals surface area contributed by atoms with E-state index in [0.29, 0.717) is 15.8 Å². The van der Waals surface area contributed by atoms with E-state index in [1.54, 1.807) is 0 Å². The molecule has 3 nitrogen and oxygen atoms in total. The van der Waals surface area contributed by atoms with Crippen LogP contribution in [0.4, 0.5) is 17.1 Å². The molecule has 2 rings (SSSR count). The van der Waals surface area contributed by atoms with Crippen molar-refractivity contribution in [1.29, 1.82) is 0 Å². The molecule has 0 bridgehead atoms. The van der Waals surface area contributed by atoms with Gasteiger partial charge in [-0.25, -0.2) is 0 Å². The number of nitrogen functional groups attached to an aromatic ring is 1. The van der Waals surface area contributed by atoms with E-state index in [2.05, 4.69) is 10.6 Å².